The number of nitrogens with two attached hydrogens (primary N) is 2. The average molecular weight is 78.1 g/mol. The first-order valence-corrected chi connectivity index (χ1v) is 1.06. The van der Waals surface area contributed by atoms with Gasteiger partial charge in [-0.25, -0.2) is 5.90 Å². The van der Waals surface area contributed by atoms with E-state index >= 15 is 0 Å². The summed E-state index contributed by atoms with van der Waals surface area (Å²) in [6.07, 6.45) is -1.34. The third-order valence-electron chi connectivity index (χ3n) is 0.139. The van der Waals surface area contributed by atoms with Crippen LogP contribution in [0.25, 0.3) is 0 Å². The summed E-state index contributed by atoms with van der Waals surface area (Å²) in [5, 5.41) is 7.79. The summed E-state index contributed by atoms with van der Waals surface area (Å²) in [6.45, 7) is 0. The maximum absolute atomic E-state index is 7.79. The van der Waals surface area contributed by atoms with Crippen LogP contribution in [0, 0.1) is 0 Å². The van der Waals surface area contributed by atoms with Crippen LogP contribution in [0.2, 0.25) is 0 Å². The topological polar surface area (TPSA) is 81.5 Å². The normalized spacial score (nSPS) is 15.0. The number of rotatable bonds is 1. The second-order valence-electron chi connectivity index (χ2n) is 0.527. The molecular weight excluding hydrogens is 72.0 g/mol. The molecule has 0 saturated carbocycles. The van der Waals surface area contributed by atoms with Gasteiger partial charge in [0.15, 0.2) is 0 Å². The molecule has 0 aliphatic heterocycles. The van der Waals surface area contributed by atoms with Crippen molar-refractivity contribution in [2.45, 2.75) is 6.41 Å². The zero-order chi connectivity index (χ0) is 4.28. The van der Waals surface area contributed by atoms with Gasteiger partial charge in [0.25, 0.3) is 0 Å². The van der Waals surface area contributed by atoms with Crippen LogP contribution in [-0.4, -0.2) is 11.5 Å². The van der Waals surface area contributed by atoms with Gasteiger partial charge in [-0.2, -0.15) is 0 Å². The average Bonchev–Trinajstić information content (AvgIpc) is 1.38. The predicted molar refractivity (Wildman–Crippen MR) is 15.5 cm³/mol. The first kappa shape index (κ1) is 4.84. The Kier molecular flexibility index (Phi) is 2.03. The van der Waals surface area contributed by atoms with E-state index in [1.165, 1.54) is 0 Å². The first-order valence-electron chi connectivity index (χ1n) is 1.06. The molecule has 4 heteroatoms. The second kappa shape index (κ2) is 2.10. The van der Waals surface area contributed by atoms with Crippen LogP contribution >= 0.6 is 0 Å². The van der Waals surface area contributed by atoms with E-state index in [1.54, 1.807) is 0 Å². The Labute approximate surface area is 29.3 Å². The van der Waals surface area contributed by atoms with E-state index in [9.17, 15) is 0 Å². The summed E-state index contributed by atoms with van der Waals surface area (Å²) in [4.78, 5) is 3.58. The fourth-order valence-corrected chi connectivity index (χ4v) is 0. The van der Waals surface area contributed by atoms with E-state index in [1.807, 2.05) is 0 Å². The maximum atomic E-state index is 7.79. The first-order chi connectivity index (χ1) is 2.27. The van der Waals surface area contributed by atoms with Crippen molar-refractivity contribution in [2.75, 3.05) is 0 Å². The van der Waals surface area contributed by atoms with Gasteiger partial charge in [-0.05, 0) is 0 Å². The lowest BCUT2D eigenvalue weighted by Gasteiger charge is -1.93. The quantitative estimate of drug-likeness (QED) is 0.253. The Morgan fingerprint density at radius 3 is 2.00 bits per heavy atom. The summed E-state index contributed by atoms with van der Waals surface area (Å²) in [6, 6.07) is 0. The highest BCUT2D eigenvalue weighted by molar-refractivity contribution is 4.03. The Hall–Kier alpha value is -0.160. The minimum absolute atomic E-state index is 1.34. The number of hydrogen-bond donors (Lipinski definition) is 3. The number of hydrogen-bond acceptors (Lipinski definition) is 4. The lowest BCUT2D eigenvalue weighted by Crippen LogP contribution is -2.25. The fraction of sp³-hybridized carbons (Fsp3) is 1.00. The van der Waals surface area contributed by atoms with E-state index in [4.69, 9.17) is 5.11 Å². The Bertz CT molecular complexity index is 21.6. The molecule has 0 fully saturated rings. The SMILES string of the molecule is NOC(N)O. The van der Waals surface area contributed by atoms with Crippen LogP contribution in [0.5, 0.6) is 0 Å². The van der Waals surface area contributed by atoms with Crippen molar-refractivity contribution >= 4 is 0 Å². The zero-order valence-corrected chi connectivity index (χ0v) is 2.59. The van der Waals surface area contributed by atoms with E-state index in [2.05, 4.69) is 16.5 Å². The molecule has 1 unspecified atom stereocenters. The molecule has 0 aliphatic rings. The van der Waals surface area contributed by atoms with Crippen molar-refractivity contribution in [3.05, 3.63) is 0 Å². The molecule has 0 saturated heterocycles. The Balaban J connectivity index is 2.54. The molecule has 1 atom stereocenters. The van der Waals surface area contributed by atoms with Gasteiger partial charge in [0.05, 0.1) is 0 Å². The summed E-state index contributed by atoms with van der Waals surface area (Å²) >= 11 is 0. The molecule has 0 aromatic carbocycles. The summed E-state index contributed by atoms with van der Waals surface area (Å²) in [5.74, 6) is 4.30. The van der Waals surface area contributed by atoms with Crippen LogP contribution in [0.15, 0.2) is 0 Å². The van der Waals surface area contributed by atoms with E-state index in [0.717, 1.165) is 0 Å². The molecule has 5 N–H and O–H groups in total. The summed E-state index contributed by atoms with van der Waals surface area (Å²) in [7, 11) is 0. The van der Waals surface area contributed by atoms with Gasteiger partial charge in [-0.3, -0.25) is 10.6 Å². The summed E-state index contributed by atoms with van der Waals surface area (Å²) < 4.78 is 0. The molecule has 0 aliphatic carbocycles. The molecule has 0 bridgehead atoms. The smallest absolute Gasteiger partial charge is 0.229 e. The Morgan fingerprint density at radius 2 is 2.00 bits per heavy atom. The van der Waals surface area contributed by atoms with Gasteiger partial charge < -0.3 is 5.11 Å². The van der Waals surface area contributed by atoms with Crippen LogP contribution in [-0.2, 0) is 4.84 Å². The minimum atomic E-state index is -1.34. The van der Waals surface area contributed by atoms with Gasteiger partial charge in [0.2, 0.25) is 6.41 Å². The highest BCUT2D eigenvalue weighted by Crippen LogP contribution is 1.55. The van der Waals surface area contributed by atoms with Crippen LogP contribution in [0.1, 0.15) is 0 Å². The molecule has 0 spiro atoms. The highest BCUT2D eigenvalue weighted by atomic mass is 16.7. The second-order valence-corrected chi connectivity index (χ2v) is 0.527. The van der Waals surface area contributed by atoms with E-state index < -0.39 is 6.41 Å². The number of aliphatic hydroxyl groups is 1. The largest absolute Gasteiger partial charge is 0.355 e. The maximum Gasteiger partial charge on any atom is 0.229 e. The lowest BCUT2D eigenvalue weighted by atomic mass is 11.2. The van der Waals surface area contributed by atoms with Crippen LogP contribution in [0.3, 0.4) is 0 Å². The molecule has 0 rings (SSSR count). The molecule has 32 valence electrons. The lowest BCUT2D eigenvalue weighted by molar-refractivity contribution is -0.0962. The van der Waals surface area contributed by atoms with Gasteiger partial charge in [0.1, 0.15) is 0 Å². The highest BCUT2D eigenvalue weighted by Gasteiger charge is 1.81. The molecule has 0 heterocycles. The van der Waals surface area contributed by atoms with Gasteiger partial charge in [-0.1, -0.05) is 0 Å². The van der Waals surface area contributed by atoms with Crippen molar-refractivity contribution in [3.8, 4) is 0 Å². The van der Waals surface area contributed by atoms with E-state index in [0.29, 0.717) is 0 Å². The van der Waals surface area contributed by atoms with Crippen molar-refractivity contribution in [3.63, 3.8) is 0 Å². The molecule has 0 radical (unpaired) electrons. The molecular formula is CH6N2O2. The third kappa shape index (κ3) is 3.84. The zero-order valence-electron chi connectivity index (χ0n) is 2.59. The third-order valence-corrected chi connectivity index (χ3v) is 0.139. The van der Waals surface area contributed by atoms with Crippen molar-refractivity contribution in [1.82, 2.24) is 0 Å². The van der Waals surface area contributed by atoms with Gasteiger partial charge in [0, 0.05) is 0 Å². The van der Waals surface area contributed by atoms with Crippen molar-refractivity contribution in [1.29, 1.82) is 0 Å². The van der Waals surface area contributed by atoms with Crippen LogP contribution < -0.4 is 11.6 Å². The Morgan fingerprint density at radius 1 is 1.80 bits per heavy atom. The molecule has 0 amide bonds. The van der Waals surface area contributed by atoms with Gasteiger partial charge >= 0.3 is 0 Å². The number of aliphatic hydroxyl groups excluding tert-OH is 1. The van der Waals surface area contributed by atoms with Gasteiger partial charge in [-0.15, -0.1) is 0 Å². The molecule has 0 aromatic rings. The summed E-state index contributed by atoms with van der Waals surface area (Å²) in [5.41, 5.74) is 4.50. The molecule has 5 heavy (non-hydrogen) atoms. The van der Waals surface area contributed by atoms with Crippen molar-refractivity contribution < 1.29 is 9.94 Å². The fourth-order valence-electron chi connectivity index (χ4n) is 0. The van der Waals surface area contributed by atoms with Crippen LogP contribution in [0.4, 0.5) is 0 Å². The monoisotopic (exact) mass is 78.0 g/mol. The predicted octanol–water partition coefficient (Wildman–Crippen LogP) is -1.89. The standard InChI is InChI=1S/CH6N2O2/c2-1(4)5-3/h1,4H,2-3H2. The molecule has 0 aromatic heterocycles. The molecule has 4 nitrogen and oxygen atoms in total. The van der Waals surface area contributed by atoms with E-state index in [-0.39, 0.29) is 0 Å². The minimum Gasteiger partial charge on any atom is -0.355 e. The van der Waals surface area contributed by atoms with Crippen molar-refractivity contribution in [2.24, 2.45) is 11.6 Å².